The van der Waals surface area contributed by atoms with Gasteiger partial charge in [0.2, 0.25) is 0 Å². The van der Waals surface area contributed by atoms with Crippen molar-refractivity contribution in [2.75, 3.05) is 5.73 Å². The van der Waals surface area contributed by atoms with Gasteiger partial charge in [-0.15, -0.1) is 0 Å². The predicted octanol–water partition coefficient (Wildman–Crippen LogP) is 6.57. The molecule has 0 amide bonds. The highest BCUT2D eigenvalue weighted by atomic mass is 127. The first kappa shape index (κ1) is 25.6. The van der Waals surface area contributed by atoms with Gasteiger partial charge in [-0.05, 0) is 76.9 Å². The first-order chi connectivity index (χ1) is 18.9. The van der Waals surface area contributed by atoms with Crippen molar-refractivity contribution in [3.63, 3.8) is 0 Å². The van der Waals surface area contributed by atoms with Gasteiger partial charge in [0.05, 0.1) is 16.5 Å². The van der Waals surface area contributed by atoms with Gasteiger partial charge in [-0.1, -0.05) is 78.9 Å². The fraction of sp³-hybridized carbons (Fsp3) is 0.212. The maximum atomic E-state index is 13.7. The number of hydrogen-bond acceptors (Lipinski definition) is 5. The van der Waals surface area contributed by atoms with Gasteiger partial charge in [-0.25, -0.2) is 9.59 Å². The fourth-order valence-electron chi connectivity index (χ4n) is 6.52. The first-order valence-electron chi connectivity index (χ1n) is 13.1. The van der Waals surface area contributed by atoms with Crippen LogP contribution in [0.2, 0.25) is 0 Å². The summed E-state index contributed by atoms with van der Waals surface area (Å²) in [4.78, 5) is 27.3. The second kappa shape index (κ2) is 10.2. The highest BCUT2D eigenvalue weighted by Gasteiger charge is 2.69. The third-order valence-electron chi connectivity index (χ3n) is 8.27. The molecule has 3 aromatic rings. The molecule has 5 atom stereocenters. The number of carbonyl (C=O) groups excluding carboxylic acids is 2. The maximum Gasteiger partial charge on any atom is 0.340 e. The Morgan fingerprint density at radius 1 is 0.897 bits per heavy atom. The number of benzene rings is 3. The summed E-state index contributed by atoms with van der Waals surface area (Å²) >= 11 is 2.15. The molecule has 3 aliphatic carbocycles. The molecular formula is C33H28INO4. The smallest absolute Gasteiger partial charge is 0.340 e. The van der Waals surface area contributed by atoms with E-state index in [2.05, 4.69) is 59.9 Å². The number of halogens is 1. The summed E-state index contributed by atoms with van der Waals surface area (Å²) in [6.45, 7) is 2.08. The van der Waals surface area contributed by atoms with E-state index in [1.807, 2.05) is 42.5 Å². The van der Waals surface area contributed by atoms with Crippen molar-refractivity contribution in [1.82, 2.24) is 0 Å². The molecule has 3 aliphatic rings. The van der Waals surface area contributed by atoms with E-state index in [9.17, 15) is 9.59 Å². The van der Waals surface area contributed by atoms with Crippen LogP contribution in [0.4, 0.5) is 5.69 Å². The van der Waals surface area contributed by atoms with Gasteiger partial charge < -0.3 is 15.2 Å². The Bertz CT molecular complexity index is 1560. The standard InChI is InChI=1S/C33H28INO4/c1-20-11-5-8-16-25(20)33-21-12-3-2-4-13-22(26(33)19-21)29(38-32(37)24-15-7-10-18-28(24)35)30(33)39-31(36)23-14-6-9-17-27(23)34/h2-12,14-19,22,26,29-30H,13,35H2,1H3/b4-2-,12-3?/t22-,26+,29?,30?,33-/m1/s1. The molecule has 2 bridgehead atoms. The van der Waals surface area contributed by atoms with Crippen molar-refractivity contribution in [3.05, 3.63) is 135 Å². The van der Waals surface area contributed by atoms with Crippen LogP contribution in [0.5, 0.6) is 0 Å². The molecule has 0 radical (unpaired) electrons. The number of aryl methyl sites for hydroxylation is 1. The molecule has 5 nitrogen and oxygen atoms in total. The van der Waals surface area contributed by atoms with E-state index in [1.165, 1.54) is 0 Å². The zero-order valence-electron chi connectivity index (χ0n) is 21.4. The van der Waals surface area contributed by atoms with E-state index in [-0.39, 0.29) is 11.8 Å². The first-order valence-corrected chi connectivity index (χ1v) is 14.1. The summed E-state index contributed by atoms with van der Waals surface area (Å²) in [7, 11) is 0. The fourth-order valence-corrected chi connectivity index (χ4v) is 7.13. The van der Waals surface area contributed by atoms with Crippen molar-refractivity contribution in [2.45, 2.75) is 31.0 Å². The van der Waals surface area contributed by atoms with Gasteiger partial charge in [0.25, 0.3) is 0 Å². The molecule has 0 spiro atoms. The van der Waals surface area contributed by atoms with Crippen molar-refractivity contribution < 1.29 is 19.1 Å². The average molecular weight is 629 g/mol. The van der Waals surface area contributed by atoms with Gasteiger partial charge in [0.15, 0.2) is 6.10 Å². The topological polar surface area (TPSA) is 78.6 Å². The van der Waals surface area contributed by atoms with Crippen LogP contribution in [-0.4, -0.2) is 24.1 Å². The molecule has 0 aliphatic heterocycles. The minimum absolute atomic E-state index is 0.0135. The van der Waals surface area contributed by atoms with E-state index in [1.54, 1.807) is 30.3 Å². The van der Waals surface area contributed by atoms with Crippen molar-refractivity contribution in [3.8, 4) is 0 Å². The van der Waals surface area contributed by atoms with Gasteiger partial charge in [-0.2, -0.15) is 0 Å². The quantitative estimate of drug-likeness (QED) is 0.196. The number of fused-ring (bicyclic) bond motifs is 1. The lowest BCUT2D eigenvalue weighted by atomic mass is 9.55. The molecule has 1 saturated carbocycles. The molecule has 6 rings (SSSR count). The summed E-state index contributed by atoms with van der Waals surface area (Å²) in [5.74, 6) is -1.02. The molecule has 39 heavy (non-hydrogen) atoms. The molecule has 3 aromatic carbocycles. The number of nitrogen functional groups attached to an aromatic ring is 1. The van der Waals surface area contributed by atoms with Crippen molar-refractivity contribution in [2.24, 2.45) is 11.8 Å². The highest BCUT2D eigenvalue weighted by molar-refractivity contribution is 14.1. The molecular weight excluding hydrogens is 601 g/mol. The van der Waals surface area contributed by atoms with Crippen LogP contribution in [0, 0.1) is 22.3 Å². The third kappa shape index (κ3) is 4.13. The minimum atomic E-state index is -0.734. The number of hydrogen-bond donors (Lipinski definition) is 1. The van der Waals surface area contributed by atoms with Crippen LogP contribution >= 0.6 is 22.6 Å². The Morgan fingerprint density at radius 3 is 2.36 bits per heavy atom. The van der Waals surface area contributed by atoms with Gasteiger partial charge in [0.1, 0.15) is 6.10 Å². The number of rotatable bonds is 5. The van der Waals surface area contributed by atoms with Crippen LogP contribution in [0.3, 0.4) is 0 Å². The summed E-state index contributed by atoms with van der Waals surface area (Å²) in [5, 5.41) is 0. The number of allylic oxidation sites excluding steroid dienone is 5. The zero-order chi connectivity index (χ0) is 27.1. The van der Waals surface area contributed by atoms with Crippen LogP contribution in [0.25, 0.3) is 0 Å². The number of esters is 2. The van der Waals surface area contributed by atoms with Crippen LogP contribution in [0.1, 0.15) is 38.3 Å². The van der Waals surface area contributed by atoms with Gasteiger partial charge >= 0.3 is 11.9 Å². The molecule has 196 valence electrons. The largest absolute Gasteiger partial charge is 0.454 e. The minimum Gasteiger partial charge on any atom is -0.454 e. The lowest BCUT2D eigenvalue weighted by Gasteiger charge is -2.48. The molecule has 0 saturated heterocycles. The molecule has 6 heteroatoms. The molecule has 2 unspecified atom stereocenters. The Balaban J connectivity index is 1.50. The third-order valence-corrected chi connectivity index (χ3v) is 9.21. The second-order valence-corrected chi connectivity index (χ2v) is 11.4. The molecule has 1 fully saturated rings. The lowest BCUT2D eigenvalue weighted by Crippen LogP contribution is -2.52. The van der Waals surface area contributed by atoms with E-state index in [0.717, 1.165) is 20.3 Å². The van der Waals surface area contributed by atoms with Crippen LogP contribution in [-0.2, 0) is 14.9 Å². The molecule has 0 aromatic heterocycles. The predicted molar refractivity (Wildman–Crippen MR) is 159 cm³/mol. The van der Waals surface area contributed by atoms with E-state index in [4.69, 9.17) is 15.2 Å². The van der Waals surface area contributed by atoms with Crippen LogP contribution < -0.4 is 5.73 Å². The number of ether oxygens (including phenoxy) is 2. The molecule has 2 N–H and O–H groups in total. The van der Waals surface area contributed by atoms with E-state index < -0.39 is 29.6 Å². The maximum absolute atomic E-state index is 13.7. The SMILES string of the molecule is Cc1ccccc1[C@]12C3=C[C@H]1[C@@H](C/C=C\C=C3)C(OC(=O)c1ccccc1N)C2OC(=O)c1ccccc1I. The van der Waals surface area contributed by atoms with E-state index >= 15 is 0 Å². The molecule has 0 heterocycles. The zero-order valence-corrected chi connectivity index (χ0v) is 23.6. The van der Waals surface area contributed by atoms with Crippen molar-refractivity contribution in [1.29, 1.82) is 0 Å². The Morgan fingerprint density at radius 2 is 1.59 bits per heavy atom. The number of para-hydroxylation sites is 1. The number of nitrogens with two attached hydrogens (primary N) is 1. The average Bonchev–Trinajstić information content (AvgIpc) is 3.21. The van der Waals surface area contributed by atoms with Gasteiger partial charge in [0, 0.05) is 21.1 Å². The number of carbonyl (C=O) groups is 2. The van der Waals surface area contributed by atoms with Gasteiger partial charge in [-0.3, -0.25) is 0 Å². The summed E-state index contributed by atoms with van der Waals surface area (Å²) in [6.07, 6.45) is 9.76. The monoisotopic (exact) mass is 629 g/mol. The second-order valence-electron chi connectivity index (χ2n) is 10.3. The Hall–Kier alpha value is -3.65. The Labute approximate surface area is 241 Å². The summed E-state index contributed by atoms with van der Waals surface area (Å²) < 4.78 is 13.6. The summed E-state index contributed by atoms with van der Waals surface area (Å²) in [5.41, 5.74) is 9.88. The number of anilines is 1. The Kier molecular flexibility index (Phi) is 6.67. The van der Waals surface area contributed by atoms with Crippen molar-refractivity contribution >= 4 is 40.2 Å². The van der Waals surface area contributed by atoms with Crippen LogP contribution in [0.15, 0.2) is 109 Å². The summed E-state index contributed by atoms with van der Waals surface area (Å²) in [6, 6.07) is 22.5. The normalized spacial score (nSPS) is 27.3. The van der Waals surface area contributed by atoms with E-state index in [0.29, 0.717) is 23.2 Å². The highest BCUT2D eigenvalue weighted by Crippen LogP contribution is 2.64. The lowest BCUT2D eigenvalue weighted by molar-refractivity contribution is -0.0457.